The lowest BCUT2D eigenvalue weighted by Crippen LogP contribution is -2.54. The molecule has 9 N–H and O–H groups in total. The number of carboxylic acid groups (broad SMARTS) is 2. The molecule has 4 unspecified atom stereocenters. The number of carbonyl (C=O) groups is 5. The molecule has 0 aliphatic heterocycles. The van der Waals surface area contributed by atoms with E-state index in [0.29, 0.717) is 25.8 Å². The van der Waals surface area contributed by atoms with Crippen molar-refractivity contribution in [3.05, 3.63) is 0 Å². The molecule has 3 amide bonds. The van der Waals surface area contributed by atoms with Crippen LogP contribution in [0.15, 0.2) is 0 Å². The number of carboxylic acids is 2. The van der Waals surface area contributed by atoms with Crippen molar-refractivity contribution in [3.63, 3.8) is 0 Å². The third-order valence-electron chi connectivity index (χ3n) is 4.84. The number of carbonyl (C=O) groups excluding carboxylic acids is 3. The molecule has 0 heterocycles. The Morgan fingerprint density at radius 3 is 2.10 bits per heavy atom. The van der Waals surface area contributed by atoms with Gasteiger partial charge < -0.3 is 37.6 Å². The first-order valence-corrected chi connectivity index (χ1v) is 10.3. The maximum absolute atomic E-state index is 12.5. The minimum atomic E-state index is -1.28. The molecule has 12 heteroatoms. The van der Waals surface area contributed by atoms with Crippen LogP contribution < -0.4 is 27.4 Å². The predicted octanol–water partition coefficient (Wildman–Crippen LogP) is -1.48. The lowest BCUT2D eigenvalue weighted by atomic mass is 9.99. The van der Waals surface area contributed by atoms with E-state index in [-0.39, 0.29) is 18.8 Å². The molecule has 178 valence electrons. The molecule has 0 bridgehead atoms. The van der Waals surface area contributed by atoms with Crippen LogP contribution in [0.2, 0.25) is 0 Å². The van der Waals surface area contributed by atoms with E-state index in [0.717, 1.165) is 0 Å². The molecule has 0 aliphatic rings. The quantitative estimate of drug-likeness (QED) is 0.138. The van der Waals surface area contributed by atoms with Gasteiger partial charge in [-0.2, -0.15) is 0 Å². The summed E-state index contributed by atoms with van der Waals surface area (Å²) in [5.41, 5.74) is 11.2. The monoisotopic (exact) mass is 445 g/mol. The zero-order valence-corrected chi connectivity index (χ0v) is 18.1. The number of nitrogens with two attached hydrogens (primary N) is 2. The van der Waals surface area contributed by atoms with Crippen molar-refractivity contribution < 1.29 is 34.2 Å². The zero-order chi connectivity index (χ0) is 24.0. The Labute approximate surface area is 181 Å². The molecule has 0 rings (SSSR count). The van der Waals surface area contributed by atoms with Crippen molar-refractivity contribution in [2.45, 2.75) is 70.5 Å². The van der Waals surface area contributed by atoms with Crippen molar-refractivity contribution in [2.75, 3.05) is 13.1 Å². The average Bonchev–Trinajstić information content (AvgIpc) is 2.72. The molecule has 0 fully saturated rings. The maximum atomic E-state index is 12.5. The number of nitrogens with one attached hydrogen (secondary N) is 3. The first-order chi connectivity index (χ1) is 14.5. The van der Waals surface area contributed by atoms with Crippen LogP contribution in [0.3, 0.4) is 0 Å². The van der Waals surface area contributed by atoms with Gasteiger partial charge in [-0.15, -0.1) is 0 Å². The molecule has 31 heavy (non-hydrogen) atoms. The van der Waals surface area contributed by atoms with E-state index in [1.165, 1.54) is 0 Å². The van der Waals surface area contributed by atoms with Crippen molar-refractivity contribution in [1.29, 1.82) is 0 Å². The Balaban J connectivity index is 4.97. The Morgan fingerprint density at radius 2 is 1.58 bits per heavy atom. The predicted molar refractivity (Wildman–Crippen MR) is 112 cm³/mol. The van der Waals surface area contributed by atoms with E-state index in [4.69, 9.17) is 16.6 Å². The van der Waals surface area contributed by atoms with Crippen LogP contribution in [0.1, 0.15) is 52.4 Å². The Hall–Kier alpha value is -2.73. The zero-order valence-electron chi connectivity index (χ0n) is 18.1. The maximum Gasteiger partial charge on any atom is 0.326 e. The third kappa shape index (κ3) is 11.9. The Bertz CT molecular complexity index is 629. The Morgan fingerprint density at radius 1 is 0.935 bits per heavy atom. The van der Waals surface area contributed by atoms with Gasteiger partial charge in [0.1, 0.15) is 12.1 Å². The van der Waals surface area contributed by atoms with Crippen molar-refractivity contribution in [1.82, 2.24) is 16.0 Å². The van der Waals surface area contributed by atoms with Gasteiger partial charge in [-0.25, -0.2) is 4.79 Å². The van der Waals surface area contributed by atoms with Crippen LogP contribution in [0.25, 0.3) is 0 Å². The first kappa shape index (κ1) is 28.3. The minimum Gasteiger partial charge on any atom is -0.481 e. The summed E-state index contributed by atoms with van der Waals surface area (Å²) >= 11 is 0. The highest BCUT2D eigenvalue weighted by molar-refractivity contribution is 5.92. The lowest BCUT2D eigenvalue weighted by molar-refractivity contribution is -0.143. The molecular formula is C19H35N5O7. The lowest BCUT2D eigenvalue weighted by Gasteiger charge is -2.22. The fourth-order valence-electron chi connectivity index (χ4n) is 2.60. The van der Waals surface area contributed by atoms with Crippen molar-refractivity contribution in [2.24, 2.45) is 17.4 Å². The third-order valence-corrected chi connectivity index (χ3v) is 4.84. The van der Waals surface area contributed by atoms with Crippen LogP contribution in [0.4, 0.5) is 0 Å². The molecular weight excluding hydrogens is 410 g/mol. The normalized spacial score (nSPS) is 14.6. The van der Waals surface area contributed by atoms with E-state index in [2.05, 4.69) is 16.0 Å². The van der Waals surface area contributed by atoms with E-state index in [1.807, 2.05) is 6.92 Å². The minimum absolute atomic E-state index is 0.0932. The van der Waals surface area contributed by atoms with Crippen LogP contribution >= 0.6 is 0 Å². The van der Waals surface area contributed by atoms with Crippen LogP contribution in [-0.4, -0.2) is 71.1 Å². The summed E-state index contributed by atoms with van der Waals surface area (Å²) in [6, 6.07) is -3.27. The van der Waals surface area contributed by atoms with Gasteiger partial charge in [-0.1, -0.05) is 20.3 Å². The number of hydrogen-bond donors (Lipinski definition) is 7. The molecule has 12 nitrogen and oxygen atoms in total. The fraction of sp³-hybridized carbons (Fsp3) is 0.737. The molecule has 0 radical (unpaired) electrons. The summed E-state index contributed by atoms with van der Waals surface area (Å²) < 4.78 is 0. The molecule has 0 aromatic rings. The SMILES string of the molecule is CCC(C)C(N)C(=O)NCC(=O)NC(CCC(=O)O)C(=O)NC(CCCCN)C(=O)O. The standard InChI is InChI=1S/C19H35N5O7/c1-3-11(2)16(21)18(29)22-10-14(25)23-12(7-8-15(26)27)17(28)24-13(19(30)31)6-4-5-9-20/h11-13,16H,3-10,20-21H2,1-2H3,(H,22,29)(H,23,25)(H,24,28)(H,26,27)(H,30,31). The summed E-state index contributed by atoms with van der Waals surface area (Å²) in [5, 5.41) is 25.2. The second-order valence-corrected chi connectivity index (χ2v) is 7.37. The number of hydrogen-bond acceptors (Lipinski definition) is 7. The molecule has 0 spiro atoms. The van der Waals surface area contributed by atoms with Gasteiger partial charge in [0.15, 0.2) is 0 Å². The summed E-state index contributed by atoms with van der Waals surface area (Å²) in [6.45, 7) is 3.59. The highest BCUT2D eigenvalue weighted by atomic mass is 16.4. The average molecular weight is 446 g/mol. The summed E-state index contributed by atoms with van der Waals surface area (Å²) in [5.74, 6) is -4.61. The van der Waals surface area contributed by atoms with Crippen LogP contribution in [-0.2, 0) is 24.0 Å². The van der Waals surface area contributed by atoms with E-state index in [1.54, 1.807) is 6.92 Å². The van der Waals surface area contributed by atoms with Gasteiger partial charge in [-0.05, 0) is 38.1 Å². The number of unbranched alkanes of at least 4 members (excludes halogenated alkanes) is 1. The van der Waals surface area contributed by atoms with Gasteiger partial charge >= 0.3 is 11.9 Å². The first-order valence-electron chi connectivity index (χ1n) is 10.3. The smallest absolute Gasteiger partial charge is 0.326 e. The van der Waals surface area contributed by atoms with E-state index in [9.17, 15) is 29.1 Å². The molecule has 0 saturated carbocycles. The van der Waals surface area contributed by atoms with Gasteiger partial charge in [0, 0.05) is 6.42 Å². The second-order valence-electron chi connectivity index (χ2n) is 7.37. The van der Waals surface area contributed by atoms with Gasteiger partial charge in [0.25, 0.3) is 0 Å². The molecule has 0 aromatic carbocycles. The molecule has 4 atom stereocenters. The number of amides is 3. The topological polar surface area (TPSA) is 214 Å². The molecule has 0 aliphatic carbocycles. The summed E-state index contributed by atoms with van der Waals surface area (Å²) in [7, 11) is 0. The van der Waals surface area contributed by atoms with Crippen molar-refractivity contribution >= 4 is 29.7 Å². The van der Waals surface area contributed by atoms with Gasteiger partial charge in [0.05, 0.1) is 12.6 Å². The molecule has 0 saturated heterocycles. The van der Waals surface area contributed by atoms with Gasteiger partial charge in [0.2, 0.25) is 17.7 Å². The largest absolute Gasteiger partial charge is 0.481 e. The second kappa shape index (κ2) is 15.1. The highest BCUT2D eigenvalue weighted by Gasteiger charge is 2.27. The Kier molecular flexibility index (Phi) is 13.8. The van der Waals surface area contributed by atoms with Crippen LogP contribution in [0.5, 0.6) is 0 Å². The molecule has 0 aromatic heterocycles. The van der Waals surface area contributed by atoms with E-state index < -0.39 is 60.8 Å². The van der Waals surface area contributed by atoms with E-state index >= 15 is 0 Å². The number of rotatable bonds is 16. The summed E-state index contributed by atoms with van der Waals surface area (Å²) in [6.07, 6.45) is 1.20. The van der Waals surface area contributed by atoms with Gasteiger partial charge in [-0.3, -0.25) is 19.2 Å². The van der Waals surface area contributed by atoms with Crippen molar-refractivity contribution in [3.8, 4) is 0 Å². The highest BCUT2D eigenvalue weighted by Crippen LogP contribution is 2.06. The van der Waals surface area contributed by atoms with Crippen LogP contribution in [0, 0.1) is 5.92 Å². The fourth-order valence-corrected chi connectivity index (χ4v) is 2.60. The number of aliphatic carboxylic acids is 2. The summed E-state index contributed by atoms with van der Waals surface area (Å²) in [4.78, 5) is 58.9.